The van der Waals surface area contributed by atoms with Gasteiger partial charge in [0.05, 0.1) is 24.8 Å². The van der Waals surface area contributed by atoms with E-state index in [0.29, 0.717) is 30.1 Å². The molecule has 3 N–H and O–H groups in total. The van der Waals surface area contributed by atoms with E-state index in [0.717, 1.165) is 24.5 Å². The number of ether oxygens (including phenoxy) is 2. The summed E-state index contributed by atoms with van der Waals surface area (Å²) in [4.78, 5) is 10.9. The lowest BCUT2D eigenvalue weighted by Gasteiger charge is -2.63. The number of para-hydroxylation sites is 2. The second-order valence-electron chi connectivity index (χ2n) is 7.01. The maximum Gasteiger partial charge on any atom is 0.220 e. The molecule has 1 aromatic rings. The zero-order valence-electron chi connectivity index (χ0n) is 13.3. The molecule has 0 bridgehead atoms. The van der Waals surface area contributed by atoms with Crippen molar-refractivity contribution in [3.8, 4) is 5.75 Å². The Morgan fingerprint density at radius 1 is 1.39 bits per heavy atom. The Kier molecular flexibility index (Phi) is 3.68. The van der Waals surface area contributed by atoms with Gasteiger partial charge in [0.2, 0.25) is 5.91 Å². The Morgan fingerprint density at radius 2 is 2.22 bits per heavy atom. The van der Waals surface area contributed by atoms with Crippen molar-refractivity contribution in [2.45, 2.75) is 44.2 Å². The third kappa shape index (κ3) is 2.38. The van der Waals surface area contributed by atoms with Gasteiger partial charge in [0, 0.05) is 24.0 Å². The lowest BCUT2D eigenvalue weighted by atomic mass is 9.46. The molecule has 1 saturated heterocycles. The van der Waals surface area contributed by atoms with Crippen LogP contribution in [0.1, 0.15) is 32.1 Å². The van der Waals surface area contributed by atoms with Gasteiger partial charge in [-0.05, 0) is 31.4 Å². The molecule has 124 valence electrons. The average Bonchev–Trinajstić information content (AvgIpc) is 2.89. The predicted molar refractivity (Wildman–Crippen MR) is 87.3 cm³/mol. The van der Waals surface area contributed by atoms with Gasteiger partial charge in [0.1, 0.15) is 5.75 Å². The SMILES string of the molecule is NC(=O)CCOc1ccccc1N[C@@H]1[C@H]2CCO[C@H]2C12CCC2. The van der Waals surface area contributed by atoms with Crippen LogP contribution in [0, 0.1) is 11.3 Å². The molecule has 1 spiro atoms. The molecule has 5 heteroatoms. The summed E-state index contributed by atoms with van der Waals surface area (Å²) in [6, 6.07) is 8.43. The third-order valence-electron chi connectivity index (χ3n) is 5.84. The zero-order valence-corrected chi connectivity index (χ0v) is 13.3. The van der Waals surface area contributed by atoms with Crippen LogP contribution in [0.15, 0.2) is 24.3 Å². The van der Waals surface area contributed by atoms with E-state index in [1.54, 1.807) is 0 Å². The highest BCUT2D eigenvalue weighted by atomic mass is 16.5. The maximum absolute atomic E-state index is 10.9. The van der Waals surface area contributed by atoms with Crippen LogP contribution in [0.5, 0.6) is 5.75 Å². The number of rotatable bonds is 6. The van der Waals surface area contributed by atoms with Crippen LogP contribution in [0.4, 0.5) is 5.69 Å². The van der Waals surface area contributed by atoms with Crippen LogP contribution >= 0.6 is 0 Å². The van der Waals surface area contributed by atoms with E-state index in [1.165, 1.54) is 19.3 Å². The summed E-state index contributed by atoms with van der Waals surface area (Å²) >= 11 is 0. The van der Waals surface area contributed by atoms with Crippen molar-refractivity contribution in [2.75, 3.05) is 18.5 Å². The molecular formula is C18H24N2O3. The number of nitrogens with one attached hydrogen (secondary N) is 1. The number of amides is 1. The van der Waals surface area contributed by atoms with Gasteiger partial charge < -0.3 is 20.5 Å². The summed E-state index contributed by atoms with van der Waals surface area (Å²) in [6.07, 6.45) is 5.67. The van der Waals surface area contributed by atoms with Gasteiger partial charge in [0.25, 0.3) is 0 Å². The Balaban J connectivity index is 1.47. The largest absolute Gasteiger partial charge is 0.491 e. The fraction of sp³-hybridized carbons (Fsp3) is 0.611. The molecule has 3 fully saturated rings. The van der Waals surface area contributed by atoms with Crippen LogP contribution in [-0.4, -0.2) is 31.3 Å². The quantitative estimate of drug-likeness (QED) is 0.844. The molecule has 3 aliphatic rings. The molecule has 2 saturated carbocycles. The molecule has 1 aliphatic heterocycles. The summed E-state index contributed by atoms with van der Waals surface area (Å²) < 4.78 is 11.7. The Morgan fingerprint density at radius 3 is 2.96 bits per heavy atom. The summed E-state index contributed by atoms with van der Waals surface area (Å²) in [5.41, 5.74) is 6.52. The molecule has 0 unspecified atom stereocenters. The highest BCUT2D eigenvalue weighted by Crippen LogP contribution is 2.63. The molecule has 1 amide bonds. The van der Waals surface area contributed by atoms with Crippen LogP contribution in [0.25, 0.3) is 0 Å². The zero-order chi connectivity index (χ0) is 15.9. The molecular weight excluding hydrogens is 292 g/mol. The highest BCUT2D eigenvalue weighted by Gasteiger charge is 2.66. The van der Waals surface area contributed by atoms with Crippen LogP contribution in [0.3, 0.4) is 0 Å². The predicted octanol–water partition coefficient (Wildman–Crippen LogP) is 2.31. The van der Waals surface area contributed by atoms with Gasteiger partial charge in [-0.1, -0.05) is 18.6 Å². The van der Waals surface area contributed by atoms with Crippen molar-refractivity contribution in [3.05, 3.63) is 24.3 Å². The van der Waals surface area contributed by atoms with Gasteiger partial charge in [-0.25, -0.2) is 0 Å². The first-order valence-corrected chi connectivity index (χ1v) is 8.59. The lowest BCUT2D eigenvalue weighted by molar-refractivity contribution is -0.158. The van der Waals surface area contributed by atoms with Crippen LogP contribution in [-0.2, 0) is 9.53 Å². The summed E-state index contributed by atoms with van der Waals surface area (Å²) in [7, 11) is 0. The van der Waals surface area contributed by atoms with Gasteiger partial charge in [0.15, 0.2) is 0 Å². The topological polar surface area (TPSA) is 73.6 Å². The summed E-state index contributed by atoms with van der Waals surface area (Å²) in [5.74, 6) is 1.08. The smallest absolute Gasteiger partial charge is 0.220 e. The van der Waals surface area contributed by atoms with Crippen molar-refractivity contribution < 1.29 is 14.3 Å². The fourth-order valence-electron chi connectivity index (χ4n) is 4.60. The Bertz CT molecular complexity index is 600. The number of nitrogens with two attached hydrogens (primary N) is 1. The van der Waals surface area contributed by atoms with E-state index < -0.39 is 0 Å². The number of hydrogen-bond acceptors (Lipinski definition) is 4. The second kappa shape index (κ2) is 5.71. The molecule has 3 atom stereocenters. The lowest BCUT2D eigenvalue weighted by Crippen LogP contribution is -2.68. The van der Waals surface area contributed by atoms with E-state index in [-0.39, 0.29) is 12.3 Å². The van der Waals surface area contributed by atoms with Gasteiger partial charge in [-0.3, -0.25) is 4.79 Å². The number of carbonyl (C=O) groups is 1. The normalized spacial score (nSPS) is 30.2. The minimum absolute atomic E-state index is 0.236. The minimum atomic E-state index is -0.339. The molecule has 0 aromatic heterocycles. The van der Waals surface area contributed by atoms with Gasteiger partial charge in [-0.15, -0.1) is 0 Å². The molecule has 4 rings (SSSR count). The summed E-state index contributed by atoms with van der Waals surface area (Å²) in [6.45, 7) is 1.21. The third-order valence-corrected chi connectivity index (χ3v) is 5.84. The number of fused-ring (bicyclic) bond motifs is 2. The van der Waals surface area contributed by atoms with E-state index in [9.17, 15) is 4.79 Å². The number of primary amides is 1. The number of carbonyl (C=O) groups excluding carboxylic acids is 1. The maximum atomic E-state index is 10.9. The second-order valence-corrected chi connectivity index (χ2v) is 7.01. The molecule has 2 aliphatic carbocycles. The van der Waals surface area contributed by atoms with E-state index >= 15 is 0 Å². The molecule has 5 nitrogen and oxygen atoms in total. The van der Waals surface area contributed by atoms with Crippen molar-refractivity contribution in [1.29, 1.82) is 0 Å². The highest BCUT2D eigenvalue weighted by molar-refractivity contribution is 5.73. The standard InChI is InChI=1S/C18H24N2O3/c19-15(21)7-11-22-14-5-2-1-4-13(14)20-16-12-6-10-23-17(12)18(16)8-3-9-18/h1-2,4-5,12,16-17,20H,3,6-11H2,(H2,19,21)/t12-,16-,17-/m1/s1. The fourth-order valence-corrected chi connectivity index (χ4v) is 4.60. The molecule has 1 heterocycles. The molecule has 23 heavy (non-hydrogen) atoms. The average molecular weight is 316 g/mol. The number of hydrogen-bond donors (Lipinski definition) is 2. The van der Waals surface area contributed by atoms with E-state index in [1.807, 2.05) is 18.2 Å². The minimum Gasteiger partial charge on any atom is -0.491 e. The number of anilines is 1. The van der Waals surface area contributed by atoms with Gasteiger partial charge >= 0.3 is 0 Å². The van der Waals surface area contributed by atoms with Gasteiger partial charge in [-0.2, -0.15) is 0 Å². The Hall–Kier alpha value is -1.75. The van der Waals surface area contributed by atoms with Crippen molar-refractivity contribution in [1.82, 2.24) is 0 Å². The van der Waals surface area contributed by atoms with Crippen molar-refractivity contribution >= 4 is 11.6 Å². The molecule has 1 aromatic carbocycles. The first kappa shape index (κ1) is 14.8. The van der Waals surface area contributed by atoms with Crippen LogP contribution < -0.4 is 15.8 Å². The van der Waals surface area contributed by atoms with Crippen LogP contribution in [0.2, 0.25) is 0 Å². The van der Waals surface area contributed by atoms with Crippen molar-refractivity contribution in [3.63, 3.8) is 0 Å². The summed E-state index contributed by atoms with van der Waals surface area (Å²) in [5, 5.41) is 3.73. The first-order valence-electron chi connectivity index (χ1n) is 8.59. The van der Waals surface area contributed by atoms with E-state index in [2.05, 4.69) is 11.4 Å². The first-order chi connectivity index (χ1) is 11.2. The van der Waals surface area contributed by atoms with Crippen molar-refractivity contribution in [2.24, 2.45) is 17.1 Å². The Labute approximate surface area is 136 Å². The van der Waals surface area contributed by atoms with E-state index in [4.69, 9.17) is 15.2 Å². The monoisotopic (exact) mass is 316 g/mol. The molecule has 0 radical (unpaired) electrons. The number of benzene rings is 1.